The van der Waals surface area contributed by atoms with Gasteiger partial charge in [-0.3, -0.25) is 0 Å². The van der Waals surface area contributed by atoms with E-state index in [4.69, 9.17) is 5.11 Å². The standard InChI is InChI=1S/C10H12O5S/c1-10(14,9(12)13)4-7-3-6(5-16-7)8(11)15-2/h3,5,14H,4H2,1-2H3,(H,12,13). The SMILES string of the molecule is COC(=O)c1csc(CC(C)(O)C(=O)O)c1. The minimum atomic E-state index is -1.82. The Balaban J connectivity index is 2.80. The van der Waals surface area contributed by atoms with E-state index in [2.05, 4.69) is 4.74 Å². The van der Waals surface area contributed by atoms with Crippen molar-refractivity contribution in [1.29, 1.82) is 0 Å². The molecule has 5 nitrogen and oxygen atoms in total. The van der Waals surface area contributed by atoms with Gasteiger partial charge in [0.15, 0.2) is 5.60 Å². The summed E-state index contributed by atoms with van der Waals surface area (Å²) >= 11 is 1.21. The second kappa shape index (κ2) is 4.63. The molecule has 1 aromatic rings. The van der Waals surface area contributed by atoms with Crippen LogP contribution in [0, 0.1) is 0 Å². The zero-order valence-electron chi connectivity index (χ0n) is 8.89. The maximum absolute atomic E-state index is 11.1. The first-order valence-electron chi connectivity index (χ1n) is 4.48. The highest BCUT2D eigenvalue weighted by Crippen LogP contribution is 2.21. The zero-order chi connectivity index (χ0) is 12.3. The molecule has 1 unspecified atom stereocenters. The third-order valence-electron chi connectivity index (χ3n) is 2.05. The highest BCUT2D eigenvalue weighted by atomic mass is 32.1. The first kappa shape index (κ1) is 12.7. The molecular weight excluding hydrogens is 232 g/mol. The van der Waals surface area contributed by atoms with E-state index >= 15 is 0 Å². The molecule has 0 aliphatic carbocycles. The molecule has 1 rings (SSSR count). The molecule has 0 spiro atoms. The average Bonchev–Trinajstić information content (AvgIpc) is 2.64. The molecule has 16 heavy (non-hydrogen) atoms. The molecule has 6 heteroatoms. The van der Waals surface area contributed by atoms with Gasteiger partial charge in [0, 0.05) is 16.7 Å². The smallest absolute Gasteiger partial charge is 0.338 e. The van der Waals surface area contributed by atoms with E-state index in [-0.39, 0.29) is 6.42 Å². The molecular formula is C10H12O5S. The van der Waals surface area contributed by atoms with Crippen molar-refractivity contribution < 1.29 is 24.5 Å². The molecule has 1 aromatic heterocycles. The van der Waals surface area contributed by atoms with Gasteiger partial charge in [-0.1, -0.05) is 0 Å². The van der Waals surface area contributed by atoms with Crippen LogP contribution >= 0.6 is 11.3 Å². The summed E-state index contributed by atoms with van der Waals surface area (Å²) in [5.41, 5.74) is -1.46. The average molecular weight is 244 g/mol. The van der Waals surface area contributed by atoms with E-state index in [0.717, 1.165) is 0 Å². The fourth-order valence-corrected chi connectivity index (χ4v) is 2.12. The highest BCUT2D eigenvalue weighted by Gasteiger charge is 2.30. The van der Waals surface area contributed by atoms with Gasteiger partial charge >= 0.3 is 11.9 Å². The van der Waals surface area contributed by atoms with Crippen LogP contribution < -0.4 is 0 Å². The Morgan fingerprint density at radius 3 is 2.69 bits per heavy atom. The molecule has 1 heterocycles. The van der Waals surface area contributed by atoms with Gasteiger partial charge in [0.05, 0.1) is 12.7 Å². The first-order valence-corrected chi connectivity index (χ1v) is 5.36. The van der Waals surface area contributed by atoms with Gasteiger partial charge in [-0.25, -0.2) is 9.59 Å². The molecule has 0 aliphatic rings. The minimum absolute atomic E-state index is 0.0377. The van der Waals surface area contributed by atoms with Crippen LogP contribution in [0.15, 0.2) is 11.4 Å². The Morgan fingerprint density at radius 1 is 1.56 bits per heavy atom. The minimum Gasteiger partial charge on any atom is -0.479 e. The first-order chi connectivity index (χ1) is 7.36. The van der Waals surface area contributed by atoms with Crippen molar-refractivity contribution in [3.05, 3.63) is 21.9 Å². The number of aliphatic hydroxyl groups is 1. The molecule has 0 saturated carbocycles. The predicted octanol–water partition coefficient (Wildman–Crippen LogP) is 0.913. The maximum Gasteiger partial charge on any atom is 0.338 e. The quantitative estimate of drug-likeness (QED) is 0.769. The largest absolute Gasteiger partial charge is 0.479 e. The summed E-state index contributed by atoms with van der Waals surface area (Å²) in [6, 6.07) is 1.52. The molecule has 0 aromatic carbocycles. The molecule has 0 aliphatic heterocycles. The predicted molar refractivity (Wildman–Crippen MR) is 57.6 cm³/mol. The van der Waals surface area contributed by atoms with Crippen molar-refractivity contribution in [2.45, 2.75) is 18.9 Å². The van der Waals surface area contributed by atoms with Crippen molar-refractivity contribution in [2.24, 2.45) is 0 Å². The van der Waals surface area contributed by atoms with Gasteiger partial charge in [-0.15, -0.1) is 11.3 Å². The van der Waals surface area contributed by atoms with Crippen LogP contribution in [0.4, 0.5) is 0 Å². The summed E-state index contributed by atoms with van der Waals surface area (Å²) in [6.07, 6.45) is -0.0377. The summed E-state index contributed by atoms with van der Waals surface area (Å²) in [5.74, 6) is -1.77. The molecule has 0 bridgehead atoms. The monoisotopic (exact) mass is 244 g/mol. The second-order valence-electron chi connectivity index (χ2n) is 3.55. The molecule has 0 amide bonds. The lowest BCUT2D eigenvalue weighted by molar-refractivity contribution is -0.156. The van der Waals surface area contributed by atoms with E-state index in [9.17, 15) is 14.7 Å². The van der Waals surface area contributed by atoms with Crippen LogP contribution in [0.5, 0.6) is 0 Å². The van der Waals surface area contributed by atoms with Gasteiger partial charge in [0.25, 0.3) is 0 Å². The fraction of sp³-hybridized carbons (Fsp3) is 0.400. The normalized spacial score (nSPS) is 14.2. The van der Waals surface area contributed by atoms with Gasteiger partial charge in [0.2, 0.25) is 0 Å². The number of rotatable bonds is 4. The van der Waals surface area contributed by atoms with Crippen molar-refractivity contribution in [3.8, 4) is 0 Å². The molecule has 0 saturated heterocycles. The van der Waals surface area contributed by atoms with Crippen molar-refractivity contribution in [2.75, 3.05) is 7.11 Å². The number of ether oxygens (including phenoxy) is 1. The number of carboxylic acids is 1. The van der Waals surface area contributed by atoms with Crippen LogP contribution in [0.25, 0.3) is 0 Å². The third-order valence-corrected chi connectivity index (χ3v) is 2.99. The Hall–Kier alpha value is -1.40. The molecule has 0 fully saturated rings. The number of carbonyl (C=O) groups excluding carboxylic acids is 1. The molecule has 1 atom stereocenters. The van der Waals surface area contributed by atoms with Gasteiger partial charge in [-0.2, -0.15) is 0 Å². The summed E-state index contributed by atoms with van der Waals surface area (Å²) < 4.78 is 4.52. The number of hydrogen-bond donors (Lipinski definition) is 2. The van der Waals surface area contributed by atoms with Crippen LogP contribution in [0.1, 0.15) is 22.2 Å². The van der Waals surface area contributed by atoms with E-state index in [0.29, 0.717) is 10.4 Å². The number of thiophene rings is 1. The van der Waals surface area contributed by atoms with Gasteiger partial charge in [0.1, 0.15) is 0 Å². The molecule has 0 radical (unpaired) electrons. The lowest BCUT2D eigenvalue weighted by Gasteiger charge is -2.16. The van der Waals surface area contributed by atoms with Gasteiger partial charge < -0.3 is 14.9 Å². The van der Waals surface area contributed by atoms with E-state index in [1.165, 1.54) is 31.4 Å². The number of carboxylic acid groups (broad SMARTS) is 1. The number of esters is 1. The number of aliphatic carboxylic acids is 1. The highest BCUT2D eigenvalue weighted by molar-refractivity contribution is 7.10. The van der Waals surface area contributed by atoms with Crippen molar-refractivity contribution >= 4 is 23.3 Å². The summed E-state index contributed by atoms with van der Waals surface area (Å²) in [6.45, 7) is 1.22. The Labute approximate surface area is 96.3 Å². The zero-order valence-corrected chi connectivity index (χ0v) is 9.71. The number of methoxy groups -OCH3 is 1. The summed E-state index contributed by atoms with van der Waals surface area (Å²) in [7, 11) is 1.27. The molecule has 2 N–H and O–H groups in total. The second-order valence-corrected chi connectivity index (χ2v) is 4.54. The maximum atomic E-state index is 11.1. The van der Waals surface area contributed by atoms with Crippen molar-refractivity contribution in [3.63, 3.8) is 0 Å². The van der Waals surface area contributed by atoms with Gasteiger partial charge in [-0.05, 0) is 13.0 Å². The van der Waals surface area contributed by atoms with Crippen molar-refractivity contribution in [1.82, 2.24) is 0 Å². The Bertz CT molecular complexity index is 407. The summed E-state index contributed by atoms with van der Waals surface area (Å²) in [5, 5.41) is 19.8. The molecule has 88 valence electrons. The Morgan fingerprint density at radius 2 is 2.19 bits per heavy atom. The van der Waals surface area contributed by atoms with Crippen LogP contribution in [0.2, 0.25) is 0 Å². The van der Waals surface area contributed by atoms with E-state index in [1.807, 2.05) is 0 Å². The van der Waals surface area contributed by atoms with Crippen LogP contribution in [0.3, 0.4) is 0 Å². The lowest BCUT2D eigenvalue weighted by atomic mass is 10.0. The van der Waals surface area contributed by atoms with E-state index < -0.39 is 17.5 Å². The number of hydrogen-bond acceptors (Lipinski definition) is 5. The summed E-state index contributed by atoms with van der Waals surface area (Å²) in [4.78, 5) is 22.4. The third kappa shape index (κ3) is 2.80. The topological polar surface area (TPSA) is 83.8 Å². The Kier molecular flexibility index (Phi) is 3.66. The fourth-order valence-electron chi connectivity index (χ4n) is 1.11. The van der Waals surface area contributed by atoms with Crippen LogP contribution in [-0.2, 0) is 16.0 Å². The lowest BCUT2D eigenvalue weighted by Crippen LogP contribution is -2.36. The van der Waals surface area contributed by atoms with E-state index in [1.54, 1.807) is 5.38 Å². The number of carbonyl (C=O) groups is 2. The van der Waals surface area contributed by atoms with Crippen LogP contribution in [-0.4, -0.2) is 34.9 Å².